The summed E-state index contributed by atoms with van der Waals surface area (Å²) in [5.74, 6) is 0.128. The van der Waals surface area contributed by atoms with Crippen molar-refractivity contribution in [2.24, 2.45) is 11.1 Å². The Kier molecular flexibility index (Phi) is 5.22. The van der Waals surface area contributed by atoms with Crippen LogP contribution in [0.1, 0.15) is 41.8 Å². The molecular formula is C16H25ClN2O. The number of benzene rings is 1. The fourth-order valence-electron chi connectivity index (χ4n) is 2.60. The third-order valence-electron chi connectivity index (χ3n) is 4.35. The van der Waals surface area contributed by atoms with Gasteiger partial charge in [0.25, 0.3) is 5.91 Å². The van der Waals surface area contributed by atoms with Crippen molar-refractivity contribution in [2.75, 3.05) is 13.1 Å². The fraction of sp³-hybridized carbons (Fsp3) is 0.562. The van der Waals surface area contributed by atoms with Gasteiger partial charge in [-0.1, -0.05) is 19.9 Å². The molecule has 1 aromatic rings. The molecule has 2 N–H and O–H groups in total. The summed E-state index contributed by atoms with van der Waals surface area (Å²) in [6, 6.07) is 6.10. The molecule has 4 heteroatoms. The Bertz CT molecular complexity index is 499. The van der Waals surface area contributed by atoms with E-state index in [0.29, 0.717) is 0 Å². The standard InChI is InChI=1S/C16H24N2O.ClH/c1-11-5-6-13(9-12(11)2)15(19)18-8-7-14(17)16(3,4)10-18;/h5-6,9,14H,7-8,10,17H2,1-4H3;1H. The van der Waals surface area contributed by atoms with Crippen LogP contribution in [-0.4, -0.2) is 29.9 Å². The zero-order valence-electron chi connectivity index (χ0n) is 12.8. The van der Waals surface area contributed by atoms with Crippen molar-refractivity contribution >= 4 is 18.3 Å². The average Bonchev–Trinajstić information content (AvgIpc) is 2.35. The van der Waals surface area contributed by atoms with E-state index in [-0.39, 0.29) is 29.8 Å². The van der Waals surface area contributed by atoms with Gasteiger partial charge in [-0.15, -0.1) is 12.4 Å². The van der Waals surface area contributed by atoms with Gasteiger partial charge in [-0.25, -0.2) is 0 Å². The maximum absolute atomic E-state index is 12.5. The van der Waals surface area contributed by atoms with E-state index in [9.17, 15) is 4.79 Å². The summed E-state index contributed by atoms with van der Waals surface area (Å²) in [7, 11) is 0. The van der Waals surface area contributed by atoms with Gasteiger partial charge in [-0.2, -0.15) is 0 Å². The first-order valence-electron chi connectivity index (χ1n) is 6.93. The molecule has 1 fully saturated rings. The van der Waals surface area contributed by atoms with Crippen LogP contribution in [0.2, 0.25) is 0 Å². The van der Waals surface area contributed by atoms with Crippen molar-refractivity contribution in [3.05, 3.63) is 34.9 Å². The Morgan fingerprint density at radius 2 is 1.95 bits per heavy atom. The molecule has 1 aromatic carbocycles. The number of likely N-dealkylation sites (tertiary alicyclic amines) is 1. The monoisotopic (exact) mass is 296 g/mol. The minimum absolute atomic E-state index is 0. The topological polar surface area (TPSA) is 46.3 Å². The molecule has 0 radical (unpaired) electrons. The molecular weight excluding hydrogens is 272 g/mol. The van der Waals surface area contributed by atoms with Crippen LogP contribution in [-0.2, 0) is 0 Å². The quantitative estimate of drug-likeness (QED) is 0.866. The van der Waals surface area contributed by atoms with Crippen LogP contribution in [0.15, 0.2) is 18.2 Å². The number of carbonyl (C=O) groups is 1. The zero-order valence-corrected chi connectivity index (χ0v) is 13.6. The lowest BCUT2D eigenvalue weighted by molar-refractivity contribution is 0.0533. The van der Waals surface area contributed by atoms with Crippen LogP contribution in [0.3, 0.4) is 0 Å². The first-order valence-corrected chi connectivity index (χ1v) is 6.93. The highest BCUT2D eigenvalue weighted by Gasteiger charge is 2.35. The van der Waals surface area contributed by atoms with Crippen molar-refractivity contribution in [3.8, 4) is 0 Å². The minimum atomic E-state index is -0.00630. The van der Waals surface area contributed by atoms with E-state index in [0.717, 1.165) is 25.1 Å². The Labute approximate surface area is 127 Å². The number of nitrogens with two attached hydrogens (primary N) is 1. The first kappa shape index (κ1) is 17.0. The molecule has 0 aliphatic carbocycles. The van der Waals surface area contributed by atoms with E-state index < -0.39 is 0 Å². The number of nitrogens with zero attached hydrogens (tertiary/aromatic N) is 1. The van der Waals surface area contributed by atoms with Gasteiger partial charge < -0.3 is 10.6 Å². The highest BCUT2D eigenvalue weighted by Crippen LogP contribution is 2.28. The molecule has 0 bridgehead atoms. The molecule has 1 unspecified atom stereocenters. The van der Waals surface area contributed by atoms with Crippen LogP contribution >= 0.6 is 12.4 Å². The number of piperidine rings is 1. The van der Waals surface area contributed by atoms with Crippen LogP contribution in [0.5, 0.6) is 0 Å². The molecule has 1 saturated heterocycles. The molecule has 1 atom stereocenters. The maximum Gasteiger partial charge on any atom is 0.253 e. The van der Waals surface area contributed by atoms with E-state index >= 15 is 0 Å². The Morgan fingerprint density at radius 1 is 1.30 bits per heavy atom. The van der Waals surface area contributed by atoms with E-state index in [2.05, 4.69) is 20.8 Å². The second-order valence-electron chi connectivity index (χ2n) is 6.41. The summed E-state index contributed by atoms with van der Waals surface area (Å²) in [6.45, 7) is 9.88. The number of hydrogen-bond acceptors (Lipinski definition) is 2. The predicted molar refractivity (Wildman–Crippen MR) is 85.4 cm³/mol. The van der Waals surface area contributed by atoms with Gasteiger partial charge in [0.05, 0.1) is 0 Å². The summed E-state index contributed by atoms with van der Waals surface area (Å²) < 4.78 is 0. The number of hydrogen-bond donors (Lipinski definition) is 1. The van der Waals surface area contributed by atoms with E-state index in [1.165, 1.54) is 11.1 Å². The van der Waals surface area contributed by atoms with Gasteiger partial charge in [0, 0.05) is 24.7 Å². The SMILES string of the molecule is Cc1ccc(C(=O)N2CCC(N)C(C)(C)C2)cc1C.Cl. The van der Waals surface area contributed by atoms with Crippen molar-refractivity contribution in [3.63, 3.8) is 0 Å². The van der Waals surface area contributed by atoms with Gasteiger partial charge >= 0.3 is 0 Å². The third-order valence-corrected chi connectivity index (χ3v) is 4.35. The van der Waals surface area contributed by atoms with E-state index in [1.54, 1.807) is 0 Å². The molecule has 1 amide bonds. The highest BCUT2D eigenvalue weighted by atomic mass is 35.5. The molecule has 2 rings (SSSR count). The lowest BCUT2D eigenvalue weighted by atomic mass is 9.79. The molecule has 112 valence electrons. The van der Waals surface area contributed by atoms with Gasteiger partial charge in [-0.3, -0.25) is 4.79 Å². The number of rotatable bonds is 1. The molecule has 20 heavy (non-hydrogen) atoms. The fourth-order valence-corrected chi connectivity index (χ4v) is 2.60. The summed E-state index contributed by atoms with van der Waals surface area (Å²) in [5, 5.41) is 0. The van der Waals surface area contributed by atoms with Crippen molar-refractivity contribution in [2.45, 2.75) is 40.2 Å². The van der Waals surface area contributed by atoms with Gasteiger partial charge in [-0.05, 0) is 48.9 Å². The lowest BCUT2D eigenvalue weighted by Gasteiger charge is -2.42. The molecule has 0 spiro atoms. The highest BCUT2D eigenvalue weighted by molar-refractivity contribution is 5.94. The summed E-state index contributed by atoms with van der Waals surface area (Å²) >= 11 is 0. The molecule has 3 nitrogen and oxygen atoms in total. The summed E-state index contributed by atoms with van der Waals surface area (Å²) in [4.78, 5) is 14.5. The first-order chi connectivity index (χ1) is 8.81. The summed E-state index contributed by atoms with van der Waals surface area (Å²) in [6.07, 6.45) is 0.879. The molecule has 1 heterocycles. The van der Waals surface area contributed by atoms with Crippen molar-refractivity contribution in [1.29, 1.82) is 0 Å². The lowest BCUT2D eigenvalue weighted by Crippen LogP contribution is -2.54. The number of halogens is 1. The van der Waals surface area contributed by atoms with Crippen LogP contribution in [0, 0.1) is 19.3 Å². The second kappa shape index (κ2) is 6.15. The Balaban J connectivity index is 0.00000200. The molecule has 0 saturated carbocycles. The van der Waals surface area contributed by atoms with E-state index in [1.807, 2.05) is 30.0 Å². The normalized spacial score (nSPS) is 21.2. The van der Waals surface area contributed by atoms with Gasteiger partial charge in [0.2, 0.25) is 0 Å². The number of amides is 1. The number of carbonyl (C=O) groups excluding carboxylic acids is 1. The van der Waals surface area contributed by atoms with Gasteiger partial charge in [0.1, 0.15) is 0 Å². The van der Waals surface area contributed by atoms with Gasteiger partial charge in [0.15, 0.2) is 0 Å². The smallest absolute Gasteiger partial charge is 0.253 e. The molecule has 1 aliphatic rings. The van der Waals surface area contributed by atoms with Crippen LogP contribution < -0.4 is 5.73 Å². The second-order valence-corrected chi connectivity index (χ2v) is 6.41. The zero-order chi connectivity index (χ0) is 14.2. The van der Waals surface area contributed by atoms with Crippen molar-refractivity contribution < 1.29 is 4.79 Å². The Hall–Kier alpha value is -1.06. The van der Waals surface area contributed by atoms with E-state index in [4.69, 9.17) is 5.73 Å². The van der Waals surface area contributed by atoms with Crippen LogP contribution in [0.25, 0.3) is 0 Å². The Morgan fingerprint density at radius 3 is 2.50 bits per heavy atom. The third kappa shape index (κ3) is 3.33. The van der Waals surface area contributed by atoms with Crippen LogP contribution in [0.4, 0.5) is 0 Å². The maximum atomic E-state index is 12.5. The van der Waals surface area contributed by atoms with Crippen molar-refractivity contribution in [1.82, 2.24) is 4.90 Å². The predicted octanol–water partition coefficient (Wildman–Crippen LogP) is 2.92. The molecule has 1 aliphatic heterocycles. The number of aryl methyl sites for hydroxylation is 2. The minimum Gasteiger partial charge on any atom is -0.338 e. The largest absolute Gasteiger partial charge is 0.338 e. The summed E-state index contributed by atoms with van der Waals surface area (Å²) in [5.41, 5.74) is 9.29. The molecule has 0 aromatic heterocycles. The average molecular weight is 297 g/mol.